The highest BCUT2D eigenvalue weighted by molar-refractivity contribution is 6.30. The number of rotatable bonds is 7. The van der Waals surface area contributed by atoms with Crippen LogP contribution >= 0.6 is 11.6 Å². The molecule has 10 heteroatoms. The van der Waals surface area contributed by atoms with Crippen LogP contribution in [0.4, 0.5) is 0 Å². The second kappa shape index (κ2) is 12.3. The van der Waals surface area contributed by atoms with Gasteiger partial charge in [-0.15, -0.1) is 0 Å². The van der Waals surface area contributed by atoms with Crippen molar-refractivity contribution in [3.05, 3.63) is 69.7 Å². The Morgan fingerprint density at radius 2 is 1.75 bits per heavy atom. The molecular weight excluding hydrogens is 536 g/mol. The lowest BCUT2D eigenvalue weighted by atomic mass is 9.74. The van der Waals surface area contributed by atoms with Crippen molar-refractivity contribution in [1.82, 2.24) is 10.2 Å². The van der Waals surface area contributed by atoms with Gasteiger partial charge in [0.25, 0.3) is 0 Å². The molecule has 9 nitrogen and oxygen atoms in total. The Hall–Kier alpha value is -2.98. The van der Waals surface area contributed by atoms with E-state index in [2.05, 4.69) is 46.6 Å². The Kier molecular flexibility index (Phi) is 8.75. The summed E-state index contributed by atoms with van der Waals surface area (Å²) in [5.74, 6) is -3.18. The fraction of sp³-hybridized carbons (Fsp3) is 0.500. The number of ether oxygens (including phenoxy) is 2. The maximum atomic E-state index is 12.4. The average molecular weight is 571 g/mol. The molecule has 0 spiro atoms. The normalized spacial score (nSPS) is 25.0. The number of fused-ring (bicyclic) bond motifs is 8. The third kappa shape index (κ3) is 6.02. The van der Waals surface area contributed by atoms with Gasteiger partial charge in [-0.1, -0.05) is 41.9 Å². The number of hydrogen-bond acceptors (Lipinski definition) is 6. The maximum absolute atomic E-state index is 12.4. The number of carbonyl (C=O) groups excluding carboxylic acids is 1. The smallest absolute Gasteiger partial charge is 0.414 e. The molecule has 0 aromatic heterocycles. The van der Waals surface area contributed by atoms with E-state index in [9.17, 15) is 4.79 Å². The second-order valence-corrected chi connectivity index (χ2v) is 11.5. The molecule has 2 saturated heterocycles. The van der Waals surface area contributed by atoms with E-state index < -0.39 is 11.9 Å². The summed E-state index contributed by atoms with van der Waals surface area (Å²) >= 11 is 6.46. The van der Waals surface area contributed by atoms with Gasteiger partial charge in [0, 0.05) is 48.6 Å². The number of benzene rings is 2. The summed E-state index contributed by atoms with van der Waals surface area (Å²) in [5, 5.41) is 18.8. The Labute approximate surface area is 238 Å². The second-order valence-electron chi connectivity index (χ2n) is 11.0. The molecule has 3 atom stereocenters. The van der Waals surface area contributed by atoms with Gasteiger partial charge in [0.1, 0.15) is 6.61 Å². The summed E-state index contributed by atoms with van der Waals surface area (Å²) in [7, 11) is 0. The van der Waals surface area contributed by atoms with Gasteiger partial charge in [-0.3, -0.25) is 4.79 Å². The first-order valence-electron chi connectivity index (χ1n) is 13.8. The van der Waals surface area contributed by atoms with Crippen LogP contribution in [-0.2, 0) is 29.3 Å². The minimum atomic E-state index is -1.82. The van der Waals surface area contributed by atoms with Crippen molar-refractivity contribution in [1.29, 1.82) is 0 Å². The number of halogens is 1. The van der Waals surface area contributed by atoms with Crippen molar-refractivity contribution in [3.8, 4) is 0 Å². The molecular formula is C30H35ClN2O7. The van der Waals surface area contributed by atoms with Crippen LogP contribution in [-0.4, -0.2) is 84.6 Å². The number of likely N-dealkylation sites (tertiary alicyclic amines) is 1. The third-order valence-electron chi connectivity index (χ3n) is 8.50. The first kappa shape index (κ1) is 28.5. The molecule has 0 saturated carbocycles. The molecule has 214 valence electrons. The van der Waals surface area contributed by atoms with Crippen molar-refractivity contribution in [2.75, 3.05) is 39.5 Å². The van der Waals surface area contributed by atoms with E-state index in [0.717, 1.165) is 63.4 Å². The molecule has 2 heterocycles. The number of aliphatic carboxylic acids is 2. The van der Waals surface area contributed by atoms with Gasteiger partial charge in [0.2, 0.25) is 5.91 Å². The third-order valence-corrected chi connectivity index (χ3v) is 8.74. The highest BCUT2D eigenvalue weighted by Crippen LogP contribution is 2.60. The topological polar surface area (TPSA) is 125 Å². The summed E-state index contributed by atoms with van der Waals surface area (Å²) in [6.07, 6.45) is 5.36. The minimum Gasteiger partial charge on any atom is -0.473 e. The van der Waals surface area contributed by atoms with Gasteiger partial charge in [0.15, 0.2) is 0 Å². The fourth-order valence-corrected chi connectivity index (χ4v) is 6.94. The fourth-order valence-electron chi connectivity index (χ4n) is 6.76. The van der Waals surface area contributed by atoms with E-state index in [1.807, 2.05) is 6.07 Å². The molecule has 6 rings (SSSR count). The molecule has 2 aliphatic heterocycles. The molecule has 2 aromatic carbocycles. The van der Waals surface area contributed by atoms with Crippen LogP contribution in [0.2, 0.25) is 5.02 Å². The van der Waals surface area contributed by atoms with E-state index >= 15 is 0 Å². The Balaban J connectivity index is 0.000000487. The van der Waals surface area contributed by atoms with Crippen molar-refractivity contribution >= 4 is 29.4 Å². The Morgan fingerprint density at radius 1 is 1.02 bits per heavy atom. The molecule has 2 aromatic rings. The number of carboxylic acid groups (broad SMARTS) is 2. The van der Waals surface area contributed by atoms with Crippen molar-refractivity contribution in [2.45, 2.75) is 55.6 Å². The minimum absolute atomic E-state index is 0.0121. The number of carboxylic acids is 2. The van der Waals surface area contributed by atoms with Crippen LogP contribution in [0.3, 0.4) is 0 Å². The SMILES string of the molecule is O=C(COCC1CCCO1)NC1CCN(CC23CC(c4ccccc42)c2ccc(Cl)cc23)CC1.O=C(O)C(=O)O. The molecule has 2 fully saturated rings. The first-order chi connectivity index (χ1) is 19.3. The monoisotopic (exact) mass is 570 g/mol. The quantitative estimate of drug-likeness (QED) is 0.433. The van der Waals surface area contributed by atoms with Crippen LogP contribution in [0.25, 0.3) is 0 Å². The van der Waals surface area contributed by atoms with E-state index in [1.165, 1.54) is 22.3 Å². The van der Waals surface area contributed by atoms with Gasteiger partial charge >= 0.3 is 11.9 Å². The highest BCUT2D eigenvalue weighted by Gasteiger charge is 2.53. The predicted molar refractivity (Wildman–Crippen MR) is 148 cm³/mol. The van der Waals surface area contributed by atoms with Gasteiger partial charge in [-0.2, -0.15) is 0 Å². The van der Waals surface area contributed by atoms with Crippen LogP contribution in [0.5, 0.6) is 0 Å². The summed E-state index contributed by atoms with van der Waals surface area (Å²) in [6.45, 7) is 4.45. The Bertz CT molecular complexity index is 1240. The molecule has 3 unspecified atom stereocenters. The van der Waals surface area contributed by atoms with Gasteiger partial charge in [0.05, 0.1) is 12.7 Å². The van der Waals surface area contributed by atoms with Crippen molar-refractivity contribution < 1.29 is 34.1 Å². The molecule has 0 radical (unpaired) electrons. The lowest BCUT2D eigenvalue weighted by molar-refractivity contribution is -0.159. The lowest BCUT2D eigenvalue weighted by Gasteiger charge is -2.40. The average Bonchev–Trinajstić information content (AvgIpc) is 3.65. The Morgan fingerprint density at radius 3 is 2.45 bits per heavy atom. The zero-order chi connectivity index (χ0) is 28.3. The molecule has 3 N–H and O–H groups in total. The predicted octanol–water partition coefficient (Wildman–Crippen LogP) is 3.41. The van der Waals surface area contributed by atoms with Crippen molar-refractivity contribution in [3.63, 3.8) is 0 Å². The number of hydrogen-bond donors (Lipinski definition) is 3. The number of nitrogens with zero attached hydrogens (tertiary/aromatic N) is 1. The number of amides is 1. The van der Waals surface area contributed by atoms with Crippen LogP contribution in [0, 0.1) is 0 Å². The largest absolute Gasteiger partial charge is 0.473 e. The standard InChI is InChI=1S/C28H33ClN2O3.C2H2O4/c29-19-7-8-23-24-15-28(26(23)14-19,25-6-2-1-5-22(24)25)18-31-11-9-20(10-12-31)30-27(32)17-33-16-21-4-3-13-34-21;3-1(4)2(5)6/h1-2,5-8,14,20-21,24H,3-4,9-13,15-18H2,(H,30,32);(H,3,4)(H,5,6). The zero-order valence-electron chi connectivity index (χ0n) is 22.3. The highest BCUT2D eigenvalue weighted by atomic mass is 35.5. The van der Waals surface area contributed by atoms with E-state index in [-0.39, 0.29) is 30.1 Å². The molecule has 2 bridgehead atoms. The van der Waals surface area contributed by atoms with Gasteiger partial charge in [-0.05, 0) is 66.5 Å². The number of carbonyl (C=O) groups is 3. The van der Waals surface area contributed by atoms with E-state index in [4.69, 9.17) is 40.9 Å². The first-order valence-corrected chi connectivity index (χ1v) is 14.2. The van der Waals surface area contributed by atoms with Gasteiger partial charge < -0.3 is 29.9 Å². The summed E-state index contributed by atoms with van der Waals surface area (Å²) in [6, 6.07) is 15.7. The zero-order valence-corrected chi connectivity index (χ0v) is 23.1. The molecule has 2 aliphatic carbocycles. The summed E-state index contributed by atoms with van der Waals surface area (Å²) in [5.41, 5.74) is 5.86. The van der Waals surface area contributed by atoms with Crippen molar-refractivity contribution in [2.24, 2.45) is 0 Å². The van der Waals surface area contributed by atoms with E-state index in [0.29, 0.717) is 12.5 Å². The maximum Gasteiger partial charge on any atom is 0.414 e. The van der Waals surface area contributed by atoms with Crippen LogP contribution in [0.15, 0.2) is 42.5 Å². The summed E-state index contributed by atoms with van der Waals surface area (Å²) in [4.78, 5) is 33.1. The van der Waals surface area contributed by atoms with E-state index in [1.54, 1.807) is 0 Å². The summed E-state index contributed by atoms with van der Waals surface area (Å²) < 4.78 is 11.1. The molecule has 1 amide bonds. The van der Waals surface area contributed by atoms with Crippen LogP contribution in [0.1, 0.15) is 60.3 Å². The van der Waals surface area contributed by atoms with Gasteiger partial charge in [-0.25, -0.2) is 9.59 Å². The van der Waals surface area contributed by atoms with Crippen LogP contribution < -0.4 is 5.32 Å². The number of nitrogens with one attached hydrogen (secondary N) is 1. The number of piperidine rings is 1. The molecule has 40 heavy (non-hydrogen) atoms. The lowest BCUT2D eigenvalue weighted by Crippen LogP contribution is -2.49. The molecule has 4 aliphatic rings.